The average Bonchev–Trinajstić information content (AvgIpc) is 3.21. The van der Waals surface area contributed by atoms with Gasteiger partial charge in [0, 0.05) is 37.0 Å². The predicted molar refractivity (Wildman–Crippen MR) is 83.7 cm³/mol. The molecule has 1 aromatic carbocycles. The van der Waals surface area contributed by atoms with E-state index in [0.717, 1.165) is 25.6 Å². The maximum absolute atomic E-state index is 5.77. The number of benzene rings is 1. The smallest absolute Gasteiger partial charge is 0.0798 e. The second-order valence-corrected chi connectivity index (χ2v) is 6.36. The molecule has 1 aromatic heterocycles. The van der Waals surface area contributed by atoms with Crippen molar-refractivity contribution in [1.82, 2.24) is 9.88 Å². The van der Waals surface area contributed by atoms with E-state index >= 15 is 0 Å². The highest BCUT2D eigenvalue weighted by Crippen LogP contribution is 2.42. The number of hydrogen-bond donors (Lipinski definition) is 1. The Hall–Kier alpha value is -1.23. The minimum atomic E-state index is 0.699. The minimum absolute atomic E-state index is 0.699. The third-order valence-electron chi connectivity index (χ3n) is 3.70. The first-order valence-corrected chi connectivity index (χ1v) is 8.13. The van der Waals surface area contributed by atoms with Crippen molar-refractivity contribution in [1.29, 1.82) is 0 Å². The van der Waals surface area contributed by atoms with Gasteiger partial charge in [0.1, 0.15) is 0 Å². The fraction of sp³-hybridized carbons (Fsp3) is 0.438. The van der Waals surface area contributed by atoms with Gasteiger partial charge in [-0.05, 0) is 18.4 Å². The average molecular weight is 287 g/mol. The molecule has 0 amide bonds. The number of nitrogens with zero attached hydrogens (tertiary/aromatic N) is 2. The minimum Gasteiger partial charge on any atom is -0.329 e. The van der Waals surface area contributed by atoms with Gasteiger partial charge in [0.05, 0.1) is 11.2 Å². The van der Waals surface area contributed by atoms with Gasteiger partial charge in [-0.1, -0.05) is 30.3 Å². The molecule has 20 heavy (non-hydrogen) atoms. The monoisotopic (exact) mass is 287 g/mol. The molecule has 1 heterocycles. The van der Waals surface area contributed by atoms with E-state index in [1.165, 1.54) is 29.0 Å². The van der Waals surface area contributed by atoms with E-state index in [1.807, 2.05) is 5.51 Å². The van der Waals surface area contributed by atoms with Crippen LogP contribution < -0.4 is 5.73 Å². The van der Waals surface area contributed by atoms with E-state index in [-0.39, 0.29) is 0 Å². The highest BCUT2D eigenvalue weighted by Gasteiger charge is 2.28. The standard InChI is InChI=1S/C16H21N3S/c17-8-9-19(10-13-4-2-1-3-5-13)11-15-16(14-6-7-14)18-12-20-15/h1-5,12,14H,6-11,17H2. The Balaban J connectivity index is 1.68. The van der Waals surface area contributed by atoms with Crippen LogP contribution in [0.15, 0.2) is 35.8 Å². The molecule has 1 aliphatic rings. The highest BCUT2D eigenvalue weighted by molar-refractivity contribution is 7.09. The van der Waals surface area contributed by atoms with Gasteiger partial charge in [0.25, 0.3) is 0 Å². The van der Waals surface area contributed by atoms with Crippen LogP contribution in [-0.4, -0.2) is 23.0 Å². The third-order valence-corrected chi connectivity index (χ3v) is 4.53. The molecule has 1 aliphatic carbocycles. The van der Waals surface area contributed by atoms with Gasteiger partial charge in [0.15, 0.2) is 0 Å². The molecule has 2 N–H and O–H groups in total. The molecule has 0 radical (unpaired) electrons. The van der Waals surface area contributed by atoms with Crippen LogP contribution in [0.5, 0.6) is 0 Å². The van der Waals surface area contributed by atoms with Crippen LogP contribution in [0, 0.1) is 0 Å². The van der Waals surface area contributed by atoms with Crippen molar-refractivity contribution in [2.75, 3.05) is 13.1 Å². The zero-order chi connectivity index (χ0) is 13.8. The second-order valence-electron chi connectivity index (χ2n) is 5.42. The second kappa shape index (κ2) is 6.48. The van der Waals surface area contributed by atoms with Crippen LogP contribution in [0.2, 0.25) is 0 Å². The van der Waals surface area contributed by atoms with Gasteiger partial charge in [-0.15, -0.1) is 11.3 Å². The van der Waals surface area contributed by atoms with E-state index in [0.29, 0.717) is 6.54 Å². The number of aromatic nitrogens is 1. The Morgan fingerprint density at radius 1 is 1.20 bits per heavy atom. The van der Waals surface area contributed by atoms with Crippen LogP contribution >= 0.6 is 11.3 Å². The van der Waals surface area contributed by atoms with Crippen LogP contribution in [0.25, 0.3) is 0 Å². The van der Waals surface area contributed by atoms with Crippen LogP contribution in [0.4, 0.5) is 0 Å². The molecular weight excluding hydrogens is 266 g/mol. The highest BCUT2D eigenvalue weighted by atomic mass is 32.1. The fourth-order valence-corrected chi connectivity index (χ4v) is 3.42. The van der Waals surface area contributed by atoms with E-state index < -0.39 is 0 Å². The van der Waals surface area contributed by atoms with Crippen molar-refractivity contribution < 1.29 is 0 Å². The molecule has 106 valence electrons. The Morgan fingerprint density at radius 2 is 2.00 bits per heavy atom. The van der Waals surface area contributed by atoms with E-state index in [1.54, 1.807) is 11.3 Å². The van der Waals surface area contributed by atoms with Crippen LogP contribution in [0.3, 0.4) is 0 Å². The number of thiazole rings is 1. The number of hydrogen-bond acceptors (Lipinski definition) is 4. The summed E-state index contributed by atoms with van der Waals surface area (Å²) >= 11 is 1.79. The normalized spacial score (nSPS) is 14.9. The predicted octanol–water partition coefficient (Wildman–Crippen LogP) is 2.98. The molecule has 1 saturated carbocycles. The SMILES string of the molecule is NCCN(Cc1ccccc1)Cc1scnc1C1CC1. The van der Waals surface area contributed by atoms with Gasteiger partial charge < -0.3 is 5.73 Å². The first kappa shape index (κ1) is 13.7. The summed E-state index contributed by atoms with van der Waals surface area (Å²) in [5.74, 6) is 0.729. The number of nitrogens with two attached hydrogens (primary N) is 1. The Morgan fingerprint density at radius 3 is 2.70 bits per heavy atom. The van der Waals surface area contributed by atoms with Gasteiger partial charge in [-0.2, -0.15) is 0 Å². The molecule has 4 heteroatoms. The molecule has 0 atom stereocenters. The quantitative estimate of drug-likeness (QED) is 0.851. The van der Waals surface area contributed by atoms with Crippen LogP contribution in [-0.2, 0) is 13.1 Å². The van der Waals surface area contributed by atoms with Crippen LogP contribution in [0.1, 0.15) is 34.9 Å². The van der Waals surface area contributed by atoms with Gasteiger partial charge in [-0.3, -0.25) is 4.90 Å². The lowest BCUT2D eigenvalue weighted by Gasteiger charge is -2.21. The van der Waals surface area contributed by atoms with Crippen molar-refractivity contribution in [2.24, 2.45) is 5.73 Å². The fourth-order valence-electron chi connectivity index (χ4n) is 2.53. The summed E-state index contributed by atoms with van der Waals surface area (Å²) in [5, 5.41) is 0. The summed E-state index contributed by atoms with van der Waals surface area (Å²) in [6.07, 6.45) is 2.62. The summed E-state index contributed by atoms with van der Waals surface area (Å²) < 4.78 is 0. The van der Waals surface area contributed by atoms with E-state index in [2.05, 4.69) is 40.2 Å². The number of rotatable bonds is 7. The topological polar surface area (TPSA) is 42.1 Å². The van der Waals surface area contributed by atoms with E-state index in [4.69, 9.17) is 5.73 Å². The maximum atomic E-state index is 5.77. The molecule has 0 spiro atoms. The van der Waals surface area contributed by atoms with Crippen molar-refractivity contribution in [2.45, 2.75) is 31.8 Å². The summed E-state index contributed by atoms with van der Waals surface area (Å²) in [6, 6.07) is 10.6. The first-order valence-electron chi connectivity index (χ1n) is 7.25. The van der Waals surface area contributed by atoms with Gasteiger partial charge >= 0.3 is 0 Å². The van der Waals surface area contributed by atoms with Crippen molar-refractivity contribution in [3.05, 3.63) is 52.0 Å². The molecule has 0 saturated heterocycles. The zero-order valence-electron chi connectivity index (χ0n) is 11.7. The summed E-state index contributed by atoms with van der Waals surface area (Å²) in [5.41, 5.74) is 10.4. The molecule has 3 nitrogen and oxygen atoms in total. The Bertz CT molecular complexity index is 534. The molecule has 3 rings (SSSR count). The Labute approximate surface area is 124 Å². The first-order chi connectivity index (χ1) is 9.86. The summed E-state index contributed by atoms with van der Waals surface area (Å²) in [7, 11) is 0. The largest absolute Gasteiger partial charge is 0.329 e. The van der Waals surface area contributed by atoms with Gasteiger partial charge in [-0.25, -0.2) is 4.98 Å². The molecule has 1 fully saturated rings. The molecule has 0 unspecified atom stereocenters. The van der Waals surface area contributed by atoms with Crippen molar-refractivity contribution in [3.63, 3.8) is 0 Å². The van der Waals surface area contributed by atoms with E-state index in [9.17, 15) is 0 Å². The molecule has 0 bridgehead atoms. The lowest BCUT2D eigenvalue weighted by atomic mass is 10.2. The third kappa shape index (κ3) is 3.45. The van der Waals surface area contributed by atoms with Crippen molar-refractivity contribution >= 4 is 11.3 Å². The maximum Gasteiger partial charge on any atom is 0.0798 e. The molecule has 0 aliphatic heterocycles. The van der Waals surface area contributed by atoms with Gasteiger partial charge in [0.2, 0.25) is 0 Å². The summed E-state index contributed by atoms with van der Waals surface area (Å²) in [4.78, 5) is 8.41. The van der Waals surface area contributed by atoms with Crippen molar-refractivity contribution in [3.8, 4) is 0 Å². The Kier molecular flexibility index (Phi) is 4.45. The summed E-state index contributed by atoms with van der Waals surface area (Å²) in [6.45, 7) is 3.56. The molecule has 2 aromatic rings. The lowest BCUT2D eigenvalue weighted by Crippen LogP contribution is -2.28. The lowest BCUT2D eigenvalue weighted by molar-refractivity contribution is 0.266. The molecular formula is C16H21N3S. The zero-order valence-corrected chi connectivity index (χ0v) is 12.5.